The van der Waals surface area contributed by atoms with Crippen LogP contribution in [-0.4, -0.2) is 16.7 Å². The van der Waals surface area contributed by atoms with E-state index in [4.69, 9.17) is 29.6 Å². The molecule has 0 unspecified atom stereocenters. The number of amidine groups is 1. The Hall–Kier alpha value is -0.910. The van der Waals surface area contributed by atoms with Gasteiger partial charge in [0.05, 0.1) is 21.8 Å². The number of nitrogens with two attached hydrogens (primary N) is 1. The number of aromatic amines is 1. The highest BCUT2D eigenvalue weighted by Crippen LogP contribution is 2.24. The second-order valence-electron chi connectivity index (χ2n) is 2.93. The number of fused-ring (bicyclic) bond motifs is 1. The van der Waals surface area contributed by atoms with Crippen LogP contribution in [0.15, 0.2) is 23.2 Å². The summed E-state index contributed by atoms with van der Waals surface area (Å²) < 4.78 is 1.83. The highest BCUT2D eigenvalue weighted by Gasteiger charge is 1.98. The summed E-state index contributed by atoms with van der Waals surface area (Å²) in [4.78, 5) is 7.24. The number of hydrogen-bond donors (Lipinski definition) is 2. The van der Waals surface area contributed by atoms with Crippen molar-refractivity contribution in [2.45, 2.75) is 0 Å². The number of nitrogens with one attached hydrogen (secondary N) is 1. The Morgan fingerprint density at radius 1 is 1.60 bits per heavy atom. The lowest BCUT2D eigenvalue weighted by molar-refractivity contribution is 1.44. The largest absolute Gasteiger partial charge is 0.386 e. The lowest BCUT2D eigenvalue weighted by atomic mass is 10.3. The van der Waals surface area contributed by atoms with Crippen LogP contribution in [0.5, 0.6) is 0 Å². The standard InChI is InChI=1S/C9H8ClN3S2/c10-4-8(11)12-5-1-2-6-7(3-5)15-9(14)13-6/h1-3H,4H2,(H2,11,12)(H,13,14). The Morgan fingerprint density at radius 2 is 2.40 bits per heavy atom. The van der Waals surface area contributed by atoms with Gasteiger partial charge in [-0.3, -0.25) is 0 Å². The number of aromatic nitrogens is 1. The Morgan fingerprint density at radius 3 is 3.13 bits per heavy atom. The molecule has 3 N–H and O–H groups in total. The van der Waals surface area contributed by atoms with Gasteiger partial charge in [-0.2, -0.15) is 0 Å². The molecule has 2 aromatic rings. The number of alkyl halides is 1. The molecule has 1 aromatic carbocycles. The fraction of sp³-hybridized carbons (Fsp3) is 0.111. The summed E-state index contributed by atoms with van der Waals surface area (Å²) in [6.07, 6.45) is 0. The van der Waals surface area contributed by atoms with Crippen LogP contribution in [0.25, 0.3) is 10.2 Å². The number of thiazole rings is 1. The van der Waals surface area contributed by atoms with Crippen molar-refractivity contribution < 1.29 is 0 Å². The van der Waals surface area contributed by atoms with Crippen LogP contribution in [-0.2, 0) is 0 Å². The fourth-order valence-corrected chi connectivity index (χ4v) is 2.41. The highest BCUT2D eigenvalue weighted by atomic mass is 35.5. The number of H-pyrrole nitrogens is 1. The van der Waals surface area contributed by atoms with Crippen molar-refractivity contribution in [3.05, 3.63) is 22.2 Å². The number of rotatable bonds is 2. The summed E-state index contributed by atoms with van der Waals surface area (Å²) in [5.74, 6) is 0.649. The zero-order chi connectivity index (χ0) is 10.8. The average molecular weight is 258 g/mol. The molecule has 0 fully saturated rings. The molecule has 3 nitrogen and oxygen atoms in total. The lowest BCUT2D eigenvalue weighted by Crippen LogP contribution is -2.12. The first-order chi connectivity index (χ1) is 7.19. The molecule has 1 aromatic heterocycles. The number of aliphatic imine (C=N–C) groups is 1. The molecule has 0 atom stereocenters. The van der Waals surface area contributed by atoms with Crippen molar-refractivity contribution in [3.63, 3.8) is 0 Å². The molecular formula is C9H8ClN3S2. The van der Waals surface area contributed by atoms with Crippen LogP contribution in [0.3, 0.4) is 0 Å². The van der Waals surface area contributed by atoms with Gasteiger partial charge in [0.15, 0.2) is 3.95 Å². The van der Waals surface area contributed by atoms with Gasteiger partial charge in [0.2, 0.25) is 0 Å². The van der Waals surface area contributed by atoms with Gasteiger partial charge in [-0.15, -0.1) is 22.9 Å². The van der Waals surface area contributed by atoms with Crippen LogP contribution in [0, 0.1) is 3.95 Å². The molecule has 0 saturated carbocycles. The summed E-state index contributed by atoms with van der Waals surface area (Å²) in [5, 5.41) is 0. The maximum atomic E-state index is 5.55. The molecular weight excluding hydrogens is 250 g/mol. The van der Waals surface area contributed by atoms with Gasteiger partial charge in [0, 0.05) is 0 Å². The van der Waals surface area contributed by atoms with Crippen LogP contribution >= 0.6 is 35.2 Å². The zero-order valence-corrected chi connectivity index (χ0v) is 10.0. The zero-order valence-electron chi connectivity index (χ0n) is 7.66. The van der Waals surface area contributed by atoms with E-state index >= 15 is 0 Å². The predicted molar refractivity (Wildman–Crippen MR) is 69.0 cm³/mol. The van der Waals surface area contributed by atoms with E-state index in [0.717, 1.165) is 19.9 Å². The van der Waals surface area contributed by atoms with Crippen LogP contribution < -0.4 is 5.73 Å². The van der Waals surface area contributed by atoms with Crippen molar-refractivity contribution in [1.82, 2.24) is 4.98 Å². The molecule has 6 heteroatoms. The Kier molecular flexibility index (Phi) is 3.04. The number of halogens is 1. The number of hydrogen-bond acceptors (Lipinski definition) is 3. The molecule has 0 aliphatic carbocycles. The summed E-state index contributed by atoms with van der Waals surface area (Å²) in [6.45, 7) is 0. The van der Waals surface area contributed by atoms with E-state index in [2.05, 4.69) is 9.98 Å². The van der Waals surface area contributed by atoms with E-state index in [0.29, 0.717) is 5.84 Å². The Balaban J connectivity index is 2.51. The minimum absolute atomic E-state index is 0.237. The van der Waals surface area contributed by atoms with Crippen LogP contribution in [0.4, 0.5) is 5.69 Å². The smallest absolute Gasteiger partial charge is 0.159 e. The van der Waals surface area contributed by atoms with E-state index in [1.807, 2.05) is 18.2 Å². The molecule has 1 heterocycles. The summed E-state index contributed by atoms with van der Waals surface area (Å²) in [6, 6.07) is 5.74. The van der Waals surface area contributed by atoms with E-state index in [9.17, 15) is 0 Å². The molecule has 15 heavy (non-hydrogen) atoms. The minimum atomic E-state index is 0.237. The van der Waals surface area contributed by atoms with Gasteiger partial charge in [0.1, 0.15) is 5.84 Å². The first-order valence-electron chi connectivity index (χ1n) is 4.21. The quantitative estimate of drug-likeness (QED) is 0.376. The summed E-state index contributed by atoms with van der Waals surface area (Å²) >= 11 is 12.1. The normalized spacial score (nSPS) is 12.2. The molecule has 0 amide bonds. The Labute approximate surface area is 101 Å². The Bertz CT molecular complexity index is 570. The predicted octanol–water partition coefficient (Wildman–Crippen LogP) is 3.19. The molecule has 0 aliphatic heterocycles. The van der Waals surface area contributed by atoms with Crippen molar-refractivity contribution in [2.75, 3.05) is 5.88 Å². The van der Waals surface area contributed by atoms with Crippen molar-refractivity contribution in [1.29, 1.82) is 0 Å². The maximum absolute atomic E-state index is 5.55. The first-order valence-corrected chi connectivity index (χ1v) is 5.97. The lowest BCUT2D eigenvalue weighted by Gasteiger charge is -1.96. The third kappa shape index (κ3) is 2.37. The molecule has 0 bridgehead atoms. The van der Waals surface area contributed by atoms with Crippen LogP contribution in [0.2, 0.25) is 0 Å². The van der Waals surface area contributed by atoms with E-state index < -0.39 is 0 Å². The van der Waals surface area contributed by atoms with E-state index in [1.165, 1.54) is 11.3 Å². The number of benzene rings is 1. The van der Waals surface area contributed by atoms with Crippen molar-refractivity contribution in [3.8, 4) is 0 Å². The van der Waals surface area contributed by atoms with Gasteiger partial charge in [-0.05, 0) is 30.4 Å². The highest BCUT2D eigenvalue weighted by molar-refractivity contribution is 7.73. The van der Waals surface area contributed by atoms with Crippen molar-refractivity contribution >= 4 is 56.9 Å². The SMILES string of the molecule is NC(CCl)=Nc1ccc2[nH]c(=S)sc2c1. The molecule has 0 aliphatic rings. The van der Waals surface area contributed by atoms with Crippen molar-refractivity contribution in [2.24, 2.45) is 10.7 Å². The molecule has 0 radical (unpaired) electrons. The van der Waals surface area contributed by atoms with Gasteiger partial charge in [-0.25, -0.2) is 4.99 Å². The minimum Gasteiger partial charge on any atom is -0.386 e. The second kappa shape index (κ2) is 4.30. The van der Waals surface area contributed by atoms with E-state index in [-0.39, 0.29) is 5.88 Å². The maximum Gasteiger partial charge on any atom is 0.159 e. The van der Waals surface area contributed by atoms with E-state index in [1.54, 1.807) is 0 Å². The third-order valence-electron chi connectivity index (χ3n) is 1.81. The molecule has 0 spiro atoms. The second-order valence-corrected chi connectivity index (χ2v) is 4.92. The third-order valence-corrected chi connectivity index (χ3v) is 3.29. The van der Waals surface area contributed by atoms with Gasteiger partial charge in [0.25, 0.3) is 0 Å². The summed E-state index contributed by atoms with van der Waals surface area (Å²) in [5.41, 5.74) is 7.37. The fourth-order valence-electron chi connectivity index (χ4n) is 1.20. The van der Waals surface area contributed by atoms with Gasteiger partial charge < -0.3 is 10.7 Å². The molecule has 78 valence electrons. The molecule has 0 saturated heterocycles. The topological polar surface area (TPSA) is 54.2 Å². The average Bonchev–Trinajstić information content (AvgIpc) is 2.57. The molecule has 2 rings (SSSR count). The first kappa shape index (κ1) is 10.6. The van der Waals surface area contributed by atoms with Gasteiger partial charge in [-0.1, -0.05) is 0 Å². The van der Waals surface area contributed by atoms with Crippen LogP contribution in [0.1, 0.15) is 0 Å². The monoisotopic (exact) mass is 257 g/mol. The van der Waals surface area contributed by atoms with Gasteiger partial charge >= 0.3 is 0 Å². The number of nitrogens with zero attached hydrogens (tertiary/aromatic N) is 1. The summed E-state index contributed by atoms with van der Waals surface area (Å²) in [7, 11) is 0.